The Kier molecular flexibility index (Phi) is 4.56. The van der Waals surface area contributed by atoms with Crippen LogP contribution < -0.4 is 5.32 Å². The van der Waals surface area contributed by atoms with E-state index in [2.05, 4.69) is 15.6 Å². The van der Waals surface area contributed by atoms with Crippen molar-refractivity contribution in [1.82, 2.24) is 14.9 Å². The van der Waals surface area contributed by atoms with Gasteiger partial charge in [-0.25, -0.2) is 0 Å². The number of hydrogen-bond donors (Lipinski definition) is 1. The van der Waals surface area contributed by atoms with E-state index in [0.717, 1.165) is 22.6 Å². The number of carbonyl (C=O) groups excluding carboxylic acids is 1. The van der Waals surface area contributed by atoms with E-state index in [0.29, 0.717) is 12.4 Å². The van der Waals surface area contributed by atoms with Crippen LogP contribution in [0.3, 0.4) is 0 Å². The van der Waals surface area contributed by atoms with Gasteiger partial charge < -0.3 is 9.84 Å². The zero-order valence-electron chi connectivity index (χ0n) is 13.6. The summed E-state index contributed by atoms with van der Waals surface area (Å²) in [5.41, 5.74) is 2.82. The van der Waals surface area contributed by atoms with Crippen molar-refractivity contribution in [1.29, 1.82) is 0 Å². The van der Waals surface area contributed by atoms with Crippen LogP contribution in [0.5, 0.6) is 0 Å². The Balaban J connectivity index is 1.62. The Labute approximate surface area is 139 Å². The Hall–Kier alpha value is -3.15. The molecule has 0 radical (unpaired) electrons. The van der Waals surface area contributed by atoms with Crippen molar-refractivity contribution in [2.45, 2.75) is 20.4 Å². The van der Waals surface area contributed by atoms with E-state index in [9.17, 15) is 4.79 Å². The molecule has 0 saturated heterocycles. The van der Waals surface area contributed by atoms with E-state index in [4.69, 9.17) is 4.52 Å². The van der Waals surface area contributed by atoms with Gasteiger partial charge in [-0.2, -0.15) is 5.10 Å². The van der Waals surface area contributed by atoms with Gasteiger partial charge in [0, 0.05) is 23.9 Å². The normalized spacial score (nSPS) is 11.1. The van der Waals surface area contributed by atoms with Gasteiger partial charge in [-0.15, -0.1) is 0 Å². The maximum atomic E-state index is 11.9. The molecule has 0 bridgehead atoms. The van der Waals surface area contributed by atoms with Gasteiger partial charge >= 0.3 is 0 Å². The van der Waals surface area contributed by atoms with Gasteiger partial charge in [0.2, 0.25) is 5.91 Å². The highest BCUT2D eigenvalue weighted by molar-refractivity contribution is 6.01. The molecule has 6 heteroatoms. The number of nitrogens with one attached hydrogen (secondary N) is 1. The SMILES string of the molecule is Cc1noc(C)c1Cn1ccc(NC(=O)/C=C/c2ccccc2)n1. The molecule has 0 aliphatic rings. The lowest BCUT2D eigenvalue weighted by atomic mass is 10.2. The van der Waals surface area contributed by atoms with Crippen LogP contribution in [0.4, 0.5) is 5.82 Å². The molecule has 2 aromatic heterocycles. The third kappa shape index (κ3) is 3.78. The third-order valence-electron chi connectivity index (χ3n) is 3.62. The molecule has 0 saturated carbocycles. The molecule has 0 aliphatic heterocycles. The fourth-order valence-electron chi connectivity index (χ4n) is 2.31. The minimum absolute atomic E-state index is 0.221. The first-order chi connectivity index (χ1) is 11.6. The van der Waals surface area contributed by atoms with E-state index in [1.807, 2.05) is 50.4 Å². The van der Waals surface area contributed by atoms with Crippen LogP contribution in [0.1, 0.15) is 22.6 Å². The number of hydrogen-bond acceptors (Lipinski definition) is 4. The number of aryl methyl sites for hydroxylation is 2. The minimum atomic E-state index is -0.221. The van der Waals surface area contributed by atoms with Gasteiger partial charge in [-0.05, 0) is 25.5 Å². The maximum Gasteiger partial charge on any atom is 0.249 e. The lowest BCUT2D eigenvalue weighted by Crippen LogP contribution is -2.09. The standard InChI is InChI=1S/C18H18N4O2/c1-13-16(14(2)24-21-13)12-22-11-10-17(20-22)19-18(23)9-8-15-6-4-3-5-7-15/h3-11H,12H2,1-2H3,(H,19,20,23)/b9-8+. The van der Waals surface area contributed by atoms with Crippen LogP contribution in [0, 0.1) is 13.8 Å². The minimum Gasteiger partial charge on any atom is -0.361 e. The van der Waals surface area contributed by atoms with E-state index in [-0.39, 0.29) is 5.91 Å². The molecular weight excluding hydrogens is 304 g/mol. The summed E-state index contributed by atoms with van der Waals surface area (Å²) in [6, 6.07) is 11.4. The Bertz CT molecular complexity index is 843. The van der Waals surface area contributed by atoms with Crippen LogP contribution in [0.15, 0.2) is 53.2 Å². The molecule has 6 nitrogen and oxygen atoms in total. The van der Waals surface area contributed by atoms with Gasteiger partial charge in [0.25, 0.3) is 0 Å². The summed E-state index contributed by atoms with van der Waals surface area (Å²) in [7, 11) is 0. The van der Waals surface area contributed by atoms with Crippen molar-refractivity contribution >= 4 is 17.8 Å². The van der Waals surface area contributed by atoms with Gasteiger partial charge in [0.1, 0.15) is 5.76 Å². The van der Waals surface area contributed by atoms with Crippen LogP contribution in [-0.4, -0.2) is 20.8 Å². The van der Waals surface area contributed by atoms with Crippen LogP contribution in [-0.2, 0) is 11.3 Å². The van der Waals surface area contributed by atoms with Gasteiger partial charge in [0.05, 0.1) is 12.2 Å². The predicted octanol–water partition coefficient (Wildman–Crippen LogP) is 3.19. The molecule has 0 unspecified atom stereocenters. The quantitative estimate of drug-likeness (QED) is 0.732. The molecule has 0 fully saturated rings. The third-order valence-corrected chi connectivity index (χ3v) is 3.62. The highest BCUT2D eigenvalue weighted by atomic mass is 16.5. The number of anilines is 1. The highest BCUT2D eigenvalue weighted by Gasteiger charge is 2.10. The molecular formula is C18H18N4O2. The summed E-state index contributed by atoms with van der Waals surface area (Å²) >= 11 is 0. The summed E-state index contributed by atoms with van der Waals surface area (Å²) in [6.45, 7) is 4.32. The lowest BCUT2D eigenvalue weighted by Gasteiger charge is -2.01. The van der Waals surface area contributed by atoms with Crippen molar-refractivity contribution in [3.8, 4) is 0 Å². The van der Waals surface area contributed by atoms with Crippen molar-refractivity contribution in [3.63, 3.8) is 0 Å². The van der Waals surface area contributed by atoms with Gasteiger partial charge in [0.15, 0.2) is 5.82 Å². The number of aromatic nitrogens is 3. The predicted molar refractivity (Wildman–Crippen MR) is 91.4 cm³/mol. The molecule has 0 spiro atoms. The van der Waals surface area contributed by atoms with Crippen LogP contribution in [0.2, 0.25) is 0 Å². The smallest absolute Gasteiger partial charge is 0.249 e. The molecule has 24 heavy (non-hydrogen) atoms. The van der Waals surface area contributed by atoms with Crippen molar-refractivity contribution in [3.05, 3.63) is 71.3 Å². The monoisotopic (exact) mass is 322 g/mol. The van der Waals surface area contributed by atoms with Crippen molar-refractivity contribution in [2.24, 2.45) is 0 Å². The second-order valence-corrected chi connectivity index (χ2v) is 5.43. The number of amides is 1. The Morgan fingerprint density at radius 2 is 2.04 bits per heavy atom. The summed E-state index contributed by atoms with van der Waals surface area (Å²) in [5, 5.41) is 11.0. The van der Waals surface area contributed by atoms with E-state index in [1.165, 1.54) is 6.08 Å². The zero-order valence-corrected chi connectivity index (χ0v) is 13.6. The fraction of sp³-hybridized carbons (Fsp3) is 0.167. The summed E-state index contributed by atoms with van der Waals surface area (Å²) in [5.74, 6) is 1.06. The lowest BCUT2D eigenvalue weighted by molar-refractivity contribution is -0.111. The molecule has 2 heterocycles. The zero-order chi connectivity index (χ0) is 16.9. The van der Waals surface area contributed by atoms with Crippen molar-refractivity contribution in [2.75, 3.05) is 5.32 Å². The first-order valence-electron chi connectivity index (χ1n) is 7.61. The number of rotatable bonds is 5. The topological polar surface area (TPSA) is 73.0 Å². The number of carbonyl (C=O) groups is 1. The second-order valence-electron chi connectivity index (χ2n) is 5.43. The Morgan fingerprint density at radius 3 is 2.75 bits per heavy atom. The number of benzene rings is 1. The molecule has 3 aromatic rings. The first-order valence-corrected chi connectivity index (χ1v) is 7.61. The van der Waals surface area contributed by atoms with Gasteiger partial charge in [-0.3, -0.25) is 9.48 Å². The second kappa shape index (κ2) is 6.95. The van der Waals surface area contributed by atoms with Crippen LogP contribution in [0.25, 0.3) is 6.08 Å². The molecule has 3 rings (SSSR count). The largest absolute Gasteiger partial charge is 0.361 e. The average molecular weight is 322 g/mol. The van der Waals surface area contributed by atoms with Gasteiger partial charge in [-0.1, -0.05) is 35.5 Å². The van der Waals surface area contributed by atoms with E-state index >= 15 is 0 Å². The maximum absolute atomic E-state index is 11.9. The molecule has 1 aromatic carbocycles. The van der Waals surface area contributed by atoms with E-state index in [1.54, 1.807) is 16.8 Å². The molecule has 0 aliphatic carbocycles. The molecule has 1 amide bonds. The molecule has 1 N–H and O–H groups in total. The summed E-state index contributed by atoms with van der Waals surface area (Å²) in [6.07, 6.45) is 5.06. The number of nitrogens with zero attached hydrogens (tertiary/aromatic N) is 3. The summed E-state index contributed by atoms with van der Waals surface area (Å²) in [4.78, 5) is 11.9. The average Bonchev–Trinajstić information content (AvgIpc) is 3.15. The van der Waals surface area contributed by atoms with Crippen LogP contribution >= 0.6 is 0 Å². The molecule has 122 valence electrons. The highest BCUT2D eigenvalue weighted by Crippen LogP contribution is 2.14. The van der Waals surface area contributed by atoms with Crippen molar-refractivity contribution < 1.29 is 9.32 Å². The Morgan fingerprint density at radius 1 is 1.25 bits per heavy atom. The fourth-order valence-corrected chi connectivity index (χ4v) is 2.31. The van der Waals surface area contributed by atoms with E-state index < -0.39 is 0 Å². The first kappa shape index (κ1) is 15.7. The molecule has 0 atom stereocenters. The summed E-state index contributed by atoms with van der Waals surface area (Å²) < 4.78 is 6.88.